The maximum atomic E-state index is 12.3. The molecule has 17 heteroatoms. The zero-order valence-corrected chi connectivity index (χ0v) is 12.6. The highest BCUT2D eigenvalue weighted by Gasteiger charge is 2.59. The second-order valence-corrected chi connectivity index (χ2v) is 4.57. The summed E-state index contributed by atoms with van der Waals surface area (Å²) in [6.07, 6.45) is -11.7. The first-order chi connectivity index (χ1) is 11.1. The molecule has 6 nitrogen and oxygen atoms in total. The fraction of sp³-hybridized carbons (Fsp3) is 1.00. The summed E-state index contributed by atoms with van der Waals surface area (Å²) in [6.45, 7) is -8.25. The number of alkyl halides is 10. The summed E-state index contributed by atoms with van der Waals surface area (Å²) >= 11 is -1.34. The van der Waals surface area contributed by atoms with E-state index in [1.807, 2.05) is 0 Å². The summed E-state index contributed by atoms with van der Waals surface area (Å²) < 4.78 is 144. The normalized spacial score (nSPS) is 18.5. The minimum absolute atomic E-state index is 0.220. The fourth-order valence-corrected chi connectivity index (χ4v) is 2.04. The number of rotatable bonds is 10. The van der Waals surface area contributed by atoms with E-state index < -0.39 is 48.3 Å². The molecular formula is C8H8F10O6S. The van der Waals surface area contributed by atoms with Crippen molar-refractivity contribution in [1.82, 2.24) is 0 Å². The Morgan fingerprint density at radius 3 is 1.08 bits per heavy atom. The third kappa shape index (κ3) is 9.61. The Bertz CT molecular complexity index is 370. The molecule has 0 aliphatic rings. The van der Waals surface area contributed by atoms with Gasteiger partial charge in [-0.1, -0.05) is 0 Å². The van der Waals surface area contributed by atoms with E-state index in [4.69, 9.17) is 0 Å². The van der Waals surface area contributed by atoms with Gasteiger partial charge in [0.05, 0.1) is 0 Å². The number of halogens is 10. The van der Waals surface area contributed by atoms with Crippen LogP contribution in [-0.2, 0) is 28.4 Å². The lowest BCUT2D eigenvalue weighted by Gasteiger charge is -2.38. The molecule has 2 atom stereocenters. The van der Waals surface area contributed by atoms with Gasteiger partial charge in [0.15, 0.2) is 0 Å². The average molecular weight is 422 g/mol. The van der Waals surface area contributed by atoms with E-state index in [1.165, 1.54) is 0 Å². The third-order valence-electron chi connectivity index (χ3n) is 1.70. The van der Waals surface area contributed by atoms with Crippen molar-refractivity contribution in [3.63, 3.8) is 0 Å². The van der Waals surface area contributed by atoms with E-state index in [0.29, 0.717) is 0 Å². The van der Waals surface area contributed by atoms with Crippen LogP contribution < -0.4 is 0 Å². The van der Waals surface area contributed by atoms with Crippen LogP contribution in [-0.4, -0.2) is 50.8 Å². The lowest BCUT2D eigenvalue weighted by molar-refractivity contribution is -0.480. The minimum atomic E-state index is -5.83. The van der Waals surface area contributed by atoms with Crippen LogP contribution in [0.5, 0.6) is 0 Å². The van der Waals surface area contributed by atoms with Crippen molar-refractivity contribution in [3.8, 4) is 0 Å². The average Bonchev–Trinajstić information content (AvgIpc) is 2.32. The van der Waals surface area contributed by atoms with Gasteiger partial charge >= 0.3 is 36.6 Å². The largest absolute Gasteiger partial charge is 0.527 e. The number of methoxy groups -OCH3 is 2. The van der Waals surface area contributed by atoms with E-state index in [0.717, 1.165) is 0 Å². The molecule has 0 aromatic carbocycles. The van der Waals surface area contributed by atoms with Gasteiger partial charge in [-0.05, 0) is 0 Å². The zero-order valence-electron chi connectivity index (χ0n) is 11.8. The molecule has 0 aromatic heterocycles. The van der Waals surface area contributed by atoms with Gasteiger partial charge in [-0.25, -0.2) is 9.47 Å². The first kappa shape index (κ1) is 24.4. The number of hydrogen-bond donors (Lipinski definition) is 0. The second kappa shape index (κ2) is 8.87. The predicted molar refractivity (Wildman–Crippen MR) is 55.5 cm³/mol. The van der Waals surface area contributed by atoms with E-state index in [1.54, 1.807) is 0 Å². The van der Waals surface area contributed by atoms with Crippen LogP contribution in [0.2, 0.25) is 0 Å². The zero-order chi connectivity index (χ0) is 20.1. The van der Waals surface area contributed by atoms with Crippen molar-refractivity contribution < 1.29 is 72.3 Å². The van der Waals surface area contributed by atoms with Crippen LogP contribution in [0, 0.1) is 0 Å². The van der Waals surface area contributed by atoms with Crippen LogP contribution in [0.1, 0.15) is 0 Å². The van der Waals surface area contributed by atoms with Gasteiger partial charge in [0.2, 0.25) is 0 Å². The molecule has 2 unspecified atom stereocenters. The molecule has 0 spiro atoms. The quantitative estimate of drug-likeness (QED) is 0.392. The number of ether oxygens (including phenoxy) is 6. The van der Waals surface area contributed by atoms with Gasteiger partial charge in [-0.2, -0.15) is 17.6 Å². The molecule has 0 saturated carbocycles. The Labute approximate surface area is 136 Å². The second-order valence-electron chi connectivity index (χ2n) is 3.36. The summed E-state index contributed by atoms with van der Waals surface area (Å²) in [4.78, 5) is 0. The van der Waals surface area contributed by atoms with Crippen LogP contribution in [0.15, 0.2) is 0 Å². The van der Waals surface area contributed by atoms with Crippen molar-refractivity contribution >= 4 is 11.8 Å². The molecule has 0 saturated heterocycles. The smallest absolute Gasteiger partial charge is 0.321 e. The van der Waals surface area contributed by atoms with E-state index >= 15 is 0 Å². The molecule has 0 aliphatic carbocycles. The van der Waals surface area contributed by atoms with E-state index in [9.17, 15) is 43.9 Å². The highest BCUT2D eigenvalue weighted by molar-refractivity contribution is 8.01. The highest BCUT2D eigenvalue weighted by Crippen LogP contribution is 2.48. The molecular weight excluding hydrogens is 414 g/mol. The van der Waals surface area contributed by atoms with Gasteiger partial charge in [0.1, 0.15) is 0 Å². The molecule has 0 heterocycles. The Morgan fingerprint density at radius 1 is 0.640 bits per heavy atom. The summed E-state index contributed by atoms with van der Waals surface area (Å²) in [7, 11) is 0.439. The van der Waals surface area contributed by atoms with Gasteiger partial charge in [-0.3, -0.25) is 9.47 Å². The SMILES string of the molecule is COC(OC(F)F)(OC(F)(F)F)SC(OC)(OC(F)F)OC(F)(F)F. The lowest BCUT2D eigenvalue weighted by Crippen LogP contribution is -2.50. The Hall–Kier alpha value is -0.590. The summed E-state index contributed by atoms with van der Waals surface area (Å²) in [5, 5.41) is -8.36. The van der Waals surface area contributed by atoms with Crippen LogP contribution in [0.25, 0.3) is 0 Å². The lowest BCUT2D eigenvalue weighted by atomic mass is 11.1. The molecule has 0 N–H and O–H groups in total. The molecule has 25 heavy (non-hydrogen) atoms. The maximum absolute atomic E-state index is 12.3. The van der Waals surface area contributed by atoms with Crippen molar-refractivity contribution in [2.24, 2.45) is 0 Å². The number of thioether (sulfide) groups is 1. The van der Waals surface area contributed by atoms with E-state index in [2.05, 4.69) is 28.4 Å². The Kier molecular flexibility index (Phi) is 8.66. The first-order valence-electron chi connectivity index (χ1n) is 5.34. The van der Waals surface area contributed by atoms with Crippen molar-refractivity contribution in [3.05, 3.63) is 0 Å². The standard InChI is InChI=1S/C8H8F10O6S/c1-19-7(21-3(9)10,23-5(13,14)15)25-8(20-2,22-4(11)12)24-6(16,17)18/h3-4H,1-2H3. The molecule has 0 bridgehead atoms. The van der Waals surface area contributed by atoms with Crippen LogP contribution >= 0.6 is 11.8 Å². The fourth-order valence-electron chi connectivity index (χ4n) is 1.06. The van der Waals surface area contributed by atoms with Crippen molar-refractivity contribution in [2.45, 2.75) is 36.6 Å². The molecule has 0 fully saturated rings. The summed E-state index contributed by atoms with van der Waals surface area (Å²) in [5.74, 6) is 0. The molecule has 0 radical (unpaired) electrons. The minimum Gasteiger partial charge on any atom is -0.321 e. The Balaban J connectivity index is 5.92. The van der Waals surface area contributed by atoms with Gasteiger partial charge in [0, 0.05) is 26.0 Å². The first-order valence-corrected chi connectivity index (χ1v) is 6.15. The topological polar surface area (TPSA) is 55.4 Å². The molecule has 0 amide bonds. The molecule has 0 aliphatic heterocycles. The number of hydrogen-bond acceptors (Lipinski definition) is 7. The Morgan fingerprint density at radius 2 is 0.920 bits per heavy atom. The third-order valence-corrected chi connectivity index (χ3v) is 2.89. The summed E-state index contributed by atoms with van der Waals surface area (Å²) in [5.41, 5.74) is 0. The monoisotopic (exact) mass is 422 g/mol. The molecule has 0 rings (SSSR count). The van der Waals surface area contributed by atoms with Crippen LogP contribution in [0.4, 0.5) is 43.9 Å². The van der Waals surface area contributed by atoms with Gasteiger partial charge < -0.3 is 9.47 Å². The highest BCUT2D eigenvalue weighted by atomic mass is 32.2. The summed E-state index contributed by atoms with van der Waals surface area (Å²) in [6, 6.07) is 0. The van der Waals surface area contributed by atoms with Crippen molar-refractivity contribution in [1.29, 1.82) is 0 Å². The molecule has 0 aromatic rings. The predicted octanol–water partition coefficient (Wildman–Crippen LogP) is 3.79. The van der Waals surface area contributed by atoms with Gasteiger partial charge in [0.25, 0.3) is 0 Å². The van der Waals surface area contributed by atoms with E-state index in [-0.39, 0.29) is 14.2 Å². The maximum Gasteiger partial charge on any atom is 0.527 e. The molecule has 152 valence electrons. The van der Waals surface area contributed by atoms with Crippen LogP contribution in [0.3, 0.4) is 0 Å². The van der Waals surface area contributed by atoms with Gasteiger partial charge in [-0.15, -0.1) is 26.3 Å². The van der Waals surface area contributed by atoms with Crippen molar-refractivity contribution in [2.75, 3.05) is 14.2 Å².